The summed E-state index contributed by atoms with van der Waals surface area (Å²) in [5, 5.41) is 3.70. The summed E-state index contributed by atoms with van der Waals surface area (Å²) in [5.74, 6) is 1.90. The van der Waals surface area contributed by atoms with Gasteiger partial charge in [0.15, 0.2) is 5.15 Å². The Balaban J connectivity index is 1.57. The fourth-order valence-electron chi connectivity index (χ4n) is 2.44. The van der Waals surface area contributed by atoms with Gasteiger partial charge in [-0.1, -0.05) is 47.0 Å². The molecule has 0 aliphatic carbocycles. The first-order valence-corrected chi connectivity index (χ1v) is 8.88. The maximum absolute atomic E-state index is 6.05. The number of ether oxygens (including phenoxy) is 1. The van der Waals surface area contributed by atoms with Gasteiger partial charge in [0.2, 0.25) is 5.88 Å². The smallest absolute Gasteiger partial charge is 0.219 e. The zero-order chi connectivity index (χ0) is 18.5. The number of nitrogens with one attached hydrogen (secondary N) is 1. The highest BCUT2D eigenvalue weighted by Gasteiger charge is 2.07. The Kier molecular flexibility index (Phi) is 5.91. The van der Waals surface area contributed by atoms with Gasteiger partial charge >= 0.3 is 0 Å². The van der Waals surface area contributed by atoms with Crippen LogP contribution < -0.4 is 10.1 Å². The Labute approximate surface area is 162 Å². The van der Waals surface area contributed by atoms with E-state index in [1.54, 1.807) is 6.20 Å². The van der Waals surface area contributed by atoms with Crippen LogP contribution in [-0.4, -0.2) is 21.5 Å². The maximum atomic E-state index is 6.05. The van der Waals surface area contributed by atoms with Crippen LogP contribution in [0.4, 0.5) is 5.82 Å². The van der Waals surface area contributed by atoms with Crippen LogP contribution in [0.2, 0.25) is 10.2 Å². The summed E-state index contributed by atoms with van der Waals surface area (Å²) in [5.41, 5.74) is 3.36. The highest BCUT2D eigenvalue weighted by Crippen LogP contribution is 2.26. The molecule has 0 bridgehead atoms. The van der Waals surface area contributed by atoms with Crippen molar-refractivity contribution < 1.29 is 4.74 Å². The van der Waals surface area contributed by atoms with Crippen LogP contribution >= 0.6 is 23.2 Å². The number of aryl methyl sites for hydroxylation is 2. The van der Waals surface area contributed by atoms with Crippen LogP contribution in [0.1, 0.15) is 16.7 Å². The van der Waals surface area contributed by atoms with E-state index in [-0.39, 0.29) is 5.15 Å². The average Bonchev–Trinajstić information content (AvgIpc) is 2.62. The third-order valence-electron chi connectivity index (χ3n) is 3.80. The second kappa shape index (κ2) is 8.34. The van der Waals surface area contributed by atoms with Gasteiger partial charge < -0.3 is 10.1 Å². The van der Waals surface area contributed by atoms with Crippen molar-refractivity contribution in [1.29, 1.82) is 0 Å². The van der Waals surface area contributed by atoms with E-state index in [0.717, 1.165) is 23.3 Å². The molecule has 0 radical (unpaired) electrons. The largest absolute Gasteiger partial charge is 0.439 e. The number of rotatable bonds is 6. The molecule has 0 amide bonds. The predicted octanol–water partition coefficient (Wildman–Crippen LogP) is 5.24. The first-order valence-electron chi connectivity index (χ1n) is 8.13. The molecule has 1 N–H and O–H groups in total. The van der Waals surface area contributed by atoms with E-state index in [1.807, 2.05) is 31.2 Å². The summed E-state index contributed by atoms with van der Waals surface area (Å²) in [7, 11) is 0. The van der Waals surface area contributed by atoms with Gasteiger partial charge in [0.1, 0.15) is 22.9 Å². The fourth-order valence-corrected chi connectivity index (χ4v) is 2.74. The number of aromatic nitrogens is 3. The number of nitrogens with zero attached hydrogens (tertiary/aromatic N) is 3. The standard InChI is InChI=1S/C19H18Cl2N4O/c1-12-3-5-15(13(2)9-12)26-16-6-4-14(10-23-16)7-8-22-19-17(20)18(21)24-11-25-19/h3-6,9-11H,7-8H2,1-2H3,(H,22,24,25). The van der Waals surface area contributed by atoms with E-state index in [0.29, 0.717) is 23.3 Å². The van der Waals surface area contributed by atoms with Gasteiger partial charge in [0.25, 0.3) is 0 Å². The molecule has 0 aliphatic rings. The van der Waals surface area contributed by atoms with Crippen molar-refractivity contribution in [2.24, 2.45) is 0 Å². The minimum Gasteiger partial charge on any atom is -0.439 e. The predicted molar refractivity (Wildman–Crippen MR) is 104 cm³/mol. The van der Waals surface area contributed by atoms with Crippen molar-refractivity contribution in [2.45, 2.75) is 20.3 Å². The molecule has 0 saturated carbocycles. The maximum Gasteiger partial charge on any atom is 0.219 e. The second-order valence-electron chi connectivity index (χ2n) is 5.88. The lowest BCUT2D eigenvalue weighted by atomic mass is 10.1. The minimum absolute atomic E-state index is 0.235. The molecule has 0 fully saturated rings. The number of hydrogen-bond donors (Lipinski definition) is 1. The minimum atomic E-state index is 0.235. The van der Waals surface area contributed by atoms with Crippen LogP contribution in [0.5, 0.6) is 11.6 Å². The van der Waals surface area contributed by atoms with Gasteiger partial charge in [-0.3, -0.25) is 0 Å². The Morgan fingerprint density at radius 2 is 1.88 bits per heavy atom. The Morgan fingerprint density at radius 3 is 2.62 bits per heavy atom. The molecule has 26 heavy (non-hydrogen) atoms. The normalized spacial score (nSPS) is 10.6. The molecular weight excluding hydrogens is 371 g/mol. The van der Waals surface area contributed by atoms with Crippen LogP contribution in [0.3, 0.4) is 0 Å². The molecule has 1 aromatic carbocycles. The molecule has 0 spiro atoms. The van der Waals surface area contributed by atoms with Gasteiger partial charge in [-0.2, -0.15) is 0 Å². The van der Waals surface area contributed by atoms with Crippen molar-refractivity contribution in [1.82, 2.24) is 15.0 Å². The first kappa shape index (κ1) is 18.4. The van der Waals surface area contributed by atoms with E-state index in [1.165, 1.54) is 11.9 Å². The van der Waals surface area contributed by atoms with Crippen LogP contribution in [0, 0.1) is 13.8 Å². The number of anilines is 1. The lowest BCUT2D eigenvalue weighted by Gasteiger charge is -2.10. The van der Waals surface area contributed by atoms with Gasteiger partial charge in [-0.15, -0.1) is 0 Å². The molecule has 7 heteroatoms. The van der Waals surface area contributed by atoms with Crippen molar-refractivity contribution in [3.05, 3.63) is 69.7 Å². The Hall–Kier alpha value is -2.37. The number of benzene rings is 1. The van der Waals surface area contributed by atoms with E-state index < -0.39 is 0 Å². The van der Waals surface area contributed by atoms with Crippen molar-refractivity contribution >= 4 is 29.0 Å². The summed E-state index contributed by atoms with van der Waals surface area (Å²) in [6.45, 7) is 4.72. The number of pyridine rings is 1. The molecule has 3 rings (SSSR count). The molecule has 0 atom stereocenters. The third kappa shape index (κ3) is 4.62. The van der Waals surface area contributed by atoms with Crippen molar-refractivity contribution in [2.75, 3.05) is 11.9 Å². The SMILES string of the molecule is Cc1ccc(Oc2ccc(CCNc3ncnc(Cl)c3Cl)cn2)c(C)c1. The summed E-state index contributed by atoms with van der Waals surface area (Å²) in [6, 6.07) is 9.92. The Morgan fingerprint density at radius 1 is 1.04 bits per heavy atom. The van der Waals surface area contributed by atoms with Gasteiger partial charge in [0, 0.05) is 18.8 Å². The fraction of sp³-hybridized carbons (Fsp3) is 0.211. The quantitative estimate of drug-likeness (QED) is 0.584. The van der Waals surface area contributed by atoms with E-state index in [9.17, 15) is 0 Å². The molecule has 134 valence electrons. The van der Waals surface area contributed by atoms with Gasteiger partial charge in [-0.25, -0.2) is 15.0 Å². The number of halogens is 2. The van der Waals surface area contributed by atoms with Crippen LogP contribution in [0.15, 0.2) is 42.9 Å². The molecule has 3 aromatic rings. The monoisotopic (exact) mass is 388 g/mol. The lowest BCUT2D eigenvalue weighted by molar-refractivity contribution is 0.459. The zero-order valence-electron chi connectivity index (χ0n) is 14.5. The molecule has 0 unspecified atom stereocenters. The molecule has 2 heterocycles. The van der Waals surface area contributed by atoms with Crippen molar-refractivity contribution in [3.8, 4) is 11.6 Å². The van der Waals surface area contributed by atoms with Gasteiger partial charge in [-0.05, 0) is 37.5 Å². The molecule has 2 aromatic heterocycles. The summed E-state index contributed by atoms with van der Waals surface area (Å²) < 4.78 is 5.85. The third-order valence-corrected chi connectivity index (χ3v) is 4.54. The second-order valence-corrected chi connectivity index (χ2v) is 6.62. The summed E-state index contributed by atoms with van der Waals surface area (Å²) in [4.78, 5) is 12.3. The molecule has 0 saturated heterocycles. The molecule has 5 nitrogen and oxygen atoms in total. The van der Waals surface area contributed by atoms with E-state index >= 15 is 0 Å². The summed E-state index contributed by atoms with van der Waals surface area (Å²) in [6.07, 6.45) is 3.93. The van der Waals surface area contributed by atoms with E-state index in [4.69, 9.17) is 27.9 Å². The Bertz CT molecular complexity index is 901. The van der Waals surface area contributed by atoms with Crippen LogP contribution in [0.25, 0.3) is 0 Å². The first-order chi connectivity index (χ1) is 12.5. The lowest BCUT2D eigenvalue weighted by Crippen LogP contribution is -2.07. The highest BCUT2D eigenvalue weighted by molar-refractivity contribution is 6.42. The summed E-state index contributed by atoms with van der Waals surface area (Å²) >= 11 is 11.9. The average molecular weight is 389 g/mol. The van der Waals surface area contributed by atoms with Crippen LogP contribution in [-0.2, 0) is 6.42 Å². The zero-order valence-corrected chi connectivity index (χ0v) is 16.0. The number of hydrogen-bond acceptors (Lipinski definition) is 5. The topological polar surface area (TPSA) is 59.9 Å². The highest BCUT2D eigenvalue weighted by atomic mass is 35.5. The van der Waals surface area contributed by atoms with E-state index in [2.05, 4.69) is 33.3 Å². The van der Waals surface area contributed by atoms with Crippen molar-refractivity contribution in [3.63, 3.8) is 0 Å². The molecular formula is C19H18Cl2N4O. The molecule has 0 aliphatic heterocycles. The van der Waals surface area contributed by atoms with Gasteiger partial charge in [0.05, 0.1) is 0 Å².